The summed E-state index contributed by atoms with van der Waals surface area (Å²) in [6.07, 6.45) is 0. The molecule has 1 heterocycles. The third-order valence-corrected chi connectivity index (χ3v) is 3.91. The number of nitrogens with one attached hydrogen (secondary N) is 2. The molecule has 2 aromatic rings. The lowest BCUT2D eigenvalue weighted by Crippen LogP contribution is -2.40. The number of aryl methyl sites for hydroxylation is 2. The standard InChI is InChI=1S/C15H19N5O2S/c1-4-16-14(22)17-13(21)9-23-15-19-18-11(3)20(15)12-7-5-6-10(2)8-12/h5-8H,4,9H2,1-3H3,(H2,16,17,21,22). The van der Waals surface area contributed by atoms with E-state index < -0.39 is 6.03 Å². The first-order chi connectivity index (χ1) is 11.0. The van der Waals surface area contributed by atoms with Gasteiger partial charge in [-0.3, -0.25) is 14.7 Å². The molecule has 0 aliphatic carbocycles. The fraction of sp³-hybridized carbons (Fsp3) is 0.333. The van der Waals surface area contributed by atoms with Crippen LogP contribution in [0, 0.1) is 13.8 Å². The number of rotatable bonds is 5. The molecule has 2 rings (SSSR count). The summed E-state index contributed by atoms with van der Waals surface area (Å²) in [6, 6.07) is 7.46. The van der Waals surface area contributed by atoms with Crippen molar-refractivity contribution in [3.63, 3.8) is 0 Å². The van der Waals surface area contributed by atoms with E-state index in [1.54, 1.807) is 6.92 Å². The molecule has 7 nitrogen and oxygen atoms in total. The van der Waals surface area contributed by atoms with Gasteiger partial charge >= 0.3 is 6.03 Å². The number of imide groups is 1. The molecule has 1 aromatic carbocycles. The molecule has 3 amide bonds. The van der Waals surface area contributed by atoms with Crippen LogP contribution < -0.4 is 10.6 Å². The highest BCUT2D eigenvalue weighted by Crippen LogP contribution is 2.22. The Morgan fingerprint density at radius 2 is 2.04 bits per heavy atom. The van der Waals surface area contributed by atoms with Crippen LogP contribution in [-0.2, 0) is 4.79 Å². The Hall–Kier alpha value is -2.35. The van der Waals surface area contributed by atoms with Crippen molar-refractivity contribution in [2.75, 3.05) is 12.3 Å². The van der Waals surface area contributed by atoms with Crippen molar-refractivity contribution in [3.05, 3.63) is 35.7 Å². The zero-order valence-corrected chi connectivity index (χ0v) is 14.1. The molecule has 122 valence electrons. The average Bonchev–Trinajstić information content (AvgIpc) is 2.86. The van der Waals surface area contributed by atoms with E-state index >= 15 is 0 Å². The maximum Gasteiger partial charge on any atom is 0.321 e. The third kappa shape index (κ3) is 4.56. The minimum absolute atomic E-state index is 0.0844. The lowest BCUT2D eigenvalue weighted by molar-refractivity contribution is -0.117. The predicted octanol–water partition coefficient (Wildman–Crippen LogP) is 1.82. The predicted molar refractivity (Wildman–Crippen MR) is 88.8 cm³/mol. The number of amides is 3. The second-order valence-corrected chi connectivity index (χ2v) is 5.84. The summed E-state index contributed by atoms with van der Waals surface area (Å²) in [7, 11) is 0. The SMILES string of the molecule is CCNC(=O)NC(=O)CSc1nnc(C)n1-c1cccc(C)c1. The molecule has 0 aliphatic heterocycles. The van der Waals surface area contributed by atoms with Gasteiger partial charge in [0.25, 0.3) is 0 Å². The van der Waals surface area contributed by atoms with Gasteiger partial charge in [-0.1, -0.05) is 23.9 Å². The molecule has 0 saturated carbocycles. The molecule has 23 heavy (non-hydrogen) atoms. The number of thioether (sulfide) groups is 1. The van der Waals surface area contributed by atoms with Gasteiger partial charge in [-0.2, -0.15) is 0 Å². The van der Waals surface area contributed by atoms with Crippen LogP contribution in [0.1, 0.15) is 18.3 Å². The summed E-state index contributed by atoms with van der Waals surface area (Å²) in [4.78, 5) is 23.1. The normalized spacial score (nSPS) is 10.4. The minimum Gasteiger partial charge on any atom is -0.338 e. The lowest BCUT2D eigenvalue weighted by atomic mass is 10.2. The van der Waals surface area contributed by atoms with Crippen LogP contribution >= 0.6 is 11.8 Å². The van der Waals surface area contributed by atoms with Crippen LogP contribution in [0.4, 0.5) is 4.79 Å². The van der Waals surface area contributed by atoms with E-state index in [1.807, 2.05) is 42.7 Å². The Kier molecular flexibility index (Phi) is 5.75. The molecule has 0 fully saturated rings. The summed E-state index contributed by atoms with van der Waals surface area (Å²) < 4.78 is 1.89. The van der Waals surface area contributed by atoms with E-state index in [1.165, 1.54) is 11.8 Å². The summed E-state index contributed by atoms with van der Waals surface area (Å²) in [6.45, 7) is 6.11. The van der Waals surface area contributed by atoms with Crippen LogP contribution in [0.5, 0.6) is 0 Å². The zero-order chi connectivity index (χ0) is 16.8. The molecule has 1 aromatic heterocycles. The molecule has 0 bridgehead atoms. The summed E-state index contributed by atoms with van der Waals surface area (Å²) >= 11 is 1.23. The first-order valence-corrected chi connectivity index (χ1v) is 8.19. The Bertz CT molecular complexity index is 714. The second kappa shape index (κ2) is 7.77. The van der Waals surface area contributed by atoms with E-state index in [0.717, 1.165) is 17.1 Å². The Morgan fingerprint density at radius 3 is 2.74 bits per heavy atom. The van der Waals surface area contributed by atoms with Gasteiger partial charge < -0.3 is 5.32 Å². The molecule has 0 atom stereocenters. The van der Waals surface area contributed by atoms with Crippen LogP contribution in [0.2, 0.25) is 0 Å². The van der Waals surface area contributed by atoms with Gasteiger partial charge in [0, 0.05) is 12.2 Å². The fourth-order valence-corrected chi connectivity index (χ4v) is 2.80. The topological polar surface area (TPSA) is 88.9 Å². The Labute approximate surface area is 138 Å². The molecule has 0 aliphatic rings. The molecule has 8 heteroatoms. The number of aromatic nitrogens is 3. The smallest absolute Gasteiger partial charge is 0.321 e. The van der Waals surface area contributed by atoms with Crippen molar-refractivity contribution in [1.29, 1.82) is 0 Å². The molecule has 0 unspecified atom stereocenters. The van der Waals surface area contributed by atoms with E-state index in [-0.39, 0.29) is 11.7 Å². The first-order valence-electron chi connectivity index (χ1n) is 7.20. The van der Waals surface area contributed by atoms with Crippen LogP contribution in [0.3, 0.4) is 0 Å². The van der Waals surface area contributed by atoms with Gasteiger partial charge in [0.2, 0.25) is 5.91 Å². The van der Waals surface area contributed by atoms with Crippen LogP contribution in [0.25, 0.3) is 5.69 Å². The van der Waals surface area contributed by atoms with E-state index in [0.29, 0.717) is 11.7 Å². The summed E-state index contributed by atoms with van der Waals surface area (Å²) in [5.41, 5.74) is 2.07. The van der Waals surface area contributed by atoms with Gasteiger partial charge in [-0.25, -0.2) is 4.79 Å². The number of benzene rings is 1. The van der Waals surface area contributed by atoms with Crippen LogP contribution in [-0.4, -0.2) is 39.0 Å². The number of hydrogen-bond acceptors (Lipinski definition) is 5. The first kappa shape index (κ1) is 17.0. The fourth-order valence-electron chi connectivity index (χ4n) is 2.00. The monoisotopic (exact) mass is 333 g/mol. The van der Waals surface area contributed by atoms with Gasteiger partial charge in [-0.05, 0) is 38.5 Å². The zero-order valence-electron chi connectivity index (χ0n) is 13.3. The van der Waals surface area contributed by atoms with E-state index in [9.17, 15) is 9.59 Å². The Balaban J connectivity index is 2.07. The van der Waals surface area contributed by atoms with Gasteiger partial charge in [0.15, 0.2) is 5.16 Å². The van der Waals surface area contributed by atoms with Gasteiger partial charge in [0.05, 0.1) is 5.75 Å². The number of carbonyl (C=O) groups is 2. The second-order valence-electron chi connectivity index (χ2n) is 4.90. The van der Waals surface area contributed by atoms with Crippen molar-refractivity contribution in [3.8, 4) is 5.69 Å². The molecule has 0 radical (unpaired) electrons. The van der Waals surface area contributed by atoms with Crippen molar-refractivity contribution in [2.24, 2.45) is 0 Å². The van der Waals surface area contributed by atoms with E-state index in [4.69, 9.17) is 0 Å². The third-order valence-electron chi connectivity index (χ3n) is 2.98. The molecule has 2 N–H and O–H groups in total. The van der Waals surface area contributed by atoms with Crippen molar-refractivity contribution >= 4 is 23.7 Å². The largest absolute Gasteiger partial charge is 0.338 e. The highest BCUT2D eigenvalue weighted by molar-refractivity contribution is 7.99. The number of nitrogens with zero attached hydrogens (tertiary/aromatic N) is 3. The number of hydrogen-bond donors (Lipinski definition) is 2. The highest BCUT2D eigenvalue weighted by atomic mass is 32.2. The highest BCUT2D eigenvalue weighted by Gasteiger charge is 2.14. The summed E-state index contributed by atoms with van der Waals surface area (Å²) in [5, 5.41) is 13.6. The molecular weight excluding hydrogens is 314 g/mol. The molecular formula is C15H19N5O2S. The van der Waals surface area contributed by atoms with Gasteiger partial charge in [0.1, 0.15) is 5.82 Å². The average molecular weight is 333 g/mol. The van der Waals surface area contributed by atoms with Gasteiger partial charge in [-0.15, -0.1) is 10.2 Å². The van der Waals surface area contributed by atoms with Crippen LogP contribution in [0.15, 0.2) is 29.4 Å². The maximum atomic E-state index is 11.8. The van der Waals surface area contributed by atoms with Crippen molar-refractivity contribution in [1.82, 2.24) is 25.4 Å². The molecule has 0 saturated heterocycles. The lowest BCUT2D eigenvalue weighted by Gasteiger charge is -2.09. The minimum atomic E-state index is -0.491. The number of carbonyl (C=O) groups excluding carboxylic acids is 2. The van der Waals surface area contributed by atoms with E-state index in [2.05, 4.69) is 20.8 Å². The Morgan fingerprint density at radius 1 is 1.26 bits per heavy atom. The van der Waals surface area contributed by atoms with Crippen molar-refractivity contribution in [2.45, 2.75) is 25.9 Å². The summed E-state index contributed by atoms with van der Waals surface area (Å²) in [5.74, 6) is 0.445. The quantitative estimate of drug-likeness (QED) is 0.815. The molecule has 0 spiro atoms. The maximum absolute atomic E-state index is 11.8. The van der Waals surface area contributed by atoms with Crippen molar-refractivity contribution < 1.29 is 9.59 Å². The number of urea groups is 1.